The molecule has 0 aliphatic rings. The van der Waals surface area contributed by atoms with Crippen molar-refractivity contribution in [2.24, 2.45) is 0 Å². The van der Waals surface area contributed by atoms with Gasteiger partial charge in [-0.2, -0.15) is 0 Å². The Balaban J connectivity index is 2.96. The van der Waals surface area contributed by atoms with Crippen LogP contribution < -0.4 is 5.32 Å². The molecule has 0 heterocycles. The fourth-order valence-electron chi connectivity index (χ4n) is 2.11. The molecule has 1 rings (SSSR count). The highest BCUT2D eigenvalue weighted by molar-refractivity contribution is 5.40. The molecule has 2 nitrogen and oxygen atoms in total. The van der Waals surface area contributed by atoms with Crippen molar-refractivity contribution in [3.63, 3.8) is 0 Å². The number of benzene rings is 1. The first-order chi connectivity index (χ1) is 7.61. The van der Waals surface area contributed by atoms with E-state index in [2.05, 4.69) is 38.2 Å². The Kier molecular flexibility index (Phi) is 4.97. The van der Waals surface area contributed by atoms with Crippen molar-refractivity contribution in [1.82, 2.24) is 5.32 Å². The molecule has 1 aromatic carbocycles. The van der Waals surface area contributed by atoms with Crippen molar-refractivity contribution in [3.05, 3.63) is 34.4 Å². The van der Waals surface area contributed by atoms with E-state index in [1.54, 1.807) is 0 Å². The van der Waals surface area contributed by atoms with Gasteiger partial charge in [-0.3, -0.25) is 0 Å². The molecular weight excluding hydrogens is 198 g/mol. The van der Waals surface area contributed by atoms with E-state index < -0.39 is 0 Å². The zero-order valence-electron chi connectivity index (χ0n) is 10.8. The van der Waals surface area contributed by atoms with Gasteiger partial charge in [-0.1, -0.05) is 12.1 Å². The van der Waals surface area contributed by atoms with E-state index in [0.29, 0.717) is 6.04 Å². The van der Waals surface area contributed by atoms with Crippen LogP contribution >= 0.6 is 0 Å². The molecule has 0 radical (unpaired) electrons. The highest BCUT2D eigenvalue weighted by Gasteiger charge is 2.13. The van der Waals surface area contributed by atoms with Gasteiger partial charge < -0.3 is 10.4 Å². The van der Waals surface area contributed by atoms with Crippen molar-refractivity contribution in [2.45, 2.75) is 39.7 Å². The molecule has 0 aromatic heterocycles. The van der Waals surface area contributed by atoms with Gasteiger partial charge in [-0.25, -0.2) is 0 Å². The first kappa shape index (κ1) is 13.2. The van der Waals surface area contributed by atoms with Gasteiger partial charge in [0.25, 0.3) is 0 Å². The first-order valence-electron chi connectivity index (χ1n) is 5.96. The summed E-state index contributed by atoms with van der Waals surface area (Å²) in [6.07, 6.45) is 1.83. The van der Waals surface area contributed by atoms with Gasteiger partial charge in [0.05, 0.1) is 0 Å². The number of aliphatic hydroxyl groups excluding tert-OH is 1. The summed E-state index contributed by atoms with van der Waals surface area (Å²) in [6.45, 7) is 6.77. The van der Waals surface area contributed by atoms with E-state index in [4.69, 9.17) is 5.11 Å². The van der Waals surface area contributed by atoms with Gasteiger partial charge in [0.1, 0.15) is 0 Å². The van der Waals surface area contributed by atoms with Gasteiger partial charge in [0.15, 0.2) is 0 Å². The summed E-state index contributed by atoms with van der Waals surface area (Å²) < 4.78 is 0. The van der Waals surface area contributed by atoms with E-state index >= 15 is 0 Å². The normalized spacial score (nSPS) is 12.8. The zero-order chi connectivity index (χ0) is 12.1. The Morgan fingerprint density at radius 2 is 1.88 bits per heavy atom. The Morgan fingerprint density at radius 1 is 1.19 bits per heavy atom. The molecule has 0 fully saturated rings. The van der Waals surface area contributed by atoms with Crippen LogP contribution in [0.2, 0.25) is 0 Å². The number of aliphatic hydroxyl groups is 1. The Bertz CT molecular complexity index is 347. The van der Waals surface area contributed by atoms with Crippen LogP contribution in [0.4, 0.5) is 0 Å². The summed E-state index contributed by atoms with van der Waals surface area (Å²) in [5, 5.41) is 12.2. The average molecular weight is 221 g/mol. The van der Waals surface area contributed by atoms with E-state index in [0.717, 1.165) is 12.8 Å². The quantitative estimate of drug-likeness (QED) is 0.801. The SMILES string of the molecule is CNC(CCCO)c1ccc(C)c(C)c1C. The third-order valence-corrected chi connectivity index (χ3v) is 3.47. The van der Waals surface area contributed by atoms with Gasteiger partial charge in [0.2, 0.25) is 0 Å². The Labute approximate surface area is 98.7 Å². The van der Waals surface area contributed by atoms with Crippen LogP contribution in [0.3, 0.4) is 0 Å². The minimum absolute atomic E-state index is 0.266. The summed E-state index contributed by atoms with van der Waals surface area (Å²) in [5.74, 6) is 0. The van der Waals surface area contributed by atoms with E-state index in [1.807, 2.05) is 7.05 Å². The van der Waals surface area contributed by atoms with Crippen molar-refractivity contribution in [1.29, 1.82) is 0 Å². The topological polar surface area (TPSA) is 32.3 Å². The van der Waals surface area contributed by atoms with Crippen LogP contribution in [0.15, 0.2) is 12.1 Å². The molecule has 0 aliphatic heterocycles. The number of aryl methyl sites for hydroxylation is 1. The number of nitrogens with one attached hydrogen (secondary N) is 1. The minimum Gasteiger partial charge on any atom is -0.396 e. The molecule has 0 amide bonds. The maximum absolute atomic E-state index is 8.90. The molecule has 0 saturated carbocycles. The minimum atomic E-state index is 0.266. The molecule has 0 spiro atoms. The van der Waals surface area contributed by atoms with Crippen molar-refractivity contribution in [3.8, 4) is 0 Å². The third kappa shape index (κ3) is 2.83. The molecule has 2 N–H and O–H groups in total. The van der Waals surface area contributed by atoms with E-state index in [9.17, 15) is 0 Å². The monoisotopic (exact) mass is 221 g/mol. The summed E-state index contributed by atoms with van der Waals surface area (Å²) in [7, 11) is 1.98. The Morgan fingerprint density at radius 3 is 2.44 bits per heavy atom. The molecule has 16 heavy (non-hydrogen) atoms. The van der Waals surface area contributed by atoms with E-state index in [1.165, 1.54) is 22.3 Å². The van der Waals surface area contributed by atoms with Gasteiger partial charge >= 0.3 is 0 Å². The number of hydrogen-bond acceptors (Lipinski definition) is 2. The second-order valence-corrected chi connectivity index (χ2v) is 4.43. The molecule has 1 atom stereocenters. The molecule has 1 aromatic rings. The van der Waals surface area contributed by atoms with Crippen LogP contribution in [-0.2, 0) is 0 Å². The van der Waals surface area contributed by atoms with E-state index in [-0.39, 0.29) is 6.61 Å². The highest BCUT2D eigenvalue weighted by Crippen LogP contribution is 2.25. The zero-order valence-corrected chi connectivity index (χ0v) is 10.8. The molecular formula is C14H23NO. The second kappa shape index (κ2) is 6.02. The largest absolute Gasteiger partial charge is 0.396 e. The second-order valence-electron chi connectivity index (χ2n) is 4.43. The lowest BCUT2D eigenvalue weighted by atomic mass is 9.92. The van der Waals surface area contributed by atoms with Crippen molar-refractivity contribution < 1.29 is 5.11 Å². The standard InChI is InChI=1S/C14H23NO/c1-10-7-8-13(12(3)11(10)2)14(15-4)6-5-9-16/h7-8,14-16H,5-6,9H2,1-4H3. The van der Waals surface area contributed by atoms with Crippen LogP contribution in [-0.4, -0.2) is 18.8 Å². The van der Waals surface area contributed by atoms with Gasteiger partial charge in [-0.15, -0.1) is 0 Å². The van der Waals surface area contributed by atoms with Gasteiger partial charge in [-0.05, 0) is 62.9 Å². The predicted molar refractivity (Wildman–Crippen MR) is 68.8 cm³/mol. The molecule has 0 bridgehead atoms. The van der Waals surface area contributed by atoms with Crippen LogP contribution in [0.5, 0.6) is 0 Å². The van der Waals surface area contributed by atoms with Crippen molar-refractivity contribution >= 4 is 0 Å². The lowest BCUT2D eigenvalue weighted by Crippen LogP contribution is -2.18. The maximum atomic E-state index is 8.90. The molecule has 0 saturated heterocycles. The number of hydrogen-bond donors (Lipinski definition) is 2. The molecule has 2 heteroatoms. The fourth-order valence-corrected chi connectivity index (χ4v) is 2.11. The first-order valence-corrected chi connectivity index (χ1v) is 5.96. The summed E-state index contributed by atoms with van der Waals surface area (Å²) >= 11 is 0. The summed E-state index contributed by atoms with van der Waals surface area (Å²) in [5.41, 5.74) is 5.45. The van der Waals surface area contributed by atoms with Crippen LogP contribution in [0.25, 0.3) is 0 Å². The lowest BCUT2D eigenvalue weighted by molar-refractivity contribution is 0.276. The lowest BCUT2D eigenvalue weighted by Gasteiger charge is -2.20. The summed E-state index contributed by atoms with van der Waals surface area (Å²) in [6, 6.07) is 4.74. The predicted octanol–water partition coefficient (Wildman–Crippen LogP) is 2.64. The molecule has 1 unspecified atom stereocenters. The summed E-state index contributed by atoms with van der Waals surface area (Å²) in [4.78, 5) is 0. The number of rotatable bonds is 5. The Hall–Kier alpha value is -0.860. The maximum Gasteiger partial charge on any atom is 0.0431 e. The molecule has 90 valence electrons. The van der Waals surface area contributed by atoms with Crippen molar-refractivity contribution in [2.75, 3.05) is 13.7 Å². The molecule has 0 aliphatic carbocycles. The smallest absolute Gasteiger partial charge is 0.0431 e. The van der Waals surface area contributed by atoms with Crippen LogP contribution in [0.1, 0.15) is 41.1 Å². The third-order valence-electron chi connectivity index (χ3n) is 3.47. The van der Waals surface area contributed by atoms with Crippen LogP contribution in [0, 0.1) is 20.8 Å². The van der Waals surface area contributed by atoms with Gasteiger partial charge in [0, 0.05) is 12.6 Å². The highest BCUT2D eigenvalue weighted by atomic mass is 16.2. The fraction of sp³-hybridized carbons (Fsp3) is 0.571. The average Bonchev–Trinajstić information content (AvgIpc) is 2.29.